The third-order valence-corrected chi connectivity index (χ3v) is 4.20. The van der Waals surface area contributed by atoms with Crippen LogP contribution in [0, 0.1) is 0 Å². The molecule has 0 spiro atoms. The molecule has 1 rings (SSSR count). The number of aliphatic carboxylic acids is 1. The van der Waals surface area contributed by atoms with Gasteiger partial charge in [-0.3, -0.25) is 4.79 Å². The minimum Gasteiger partial charge on any atom is -0.481 e. The first-order valence-electron chi connectivity index (χ1n) is 5.26. The Morgan fingerprint density at radius 2 is 2.07 bits per heavy atom. The zero-order valence-corrected chi connectivity index (χ0v) is 10.7. The van der Waals surface area contributed by atoms with Gasteiger partial charge in [0.15, 0.2) is 0 Å². The predicted molar refractivity (Wildman–Crippen MR) is 62.4 cm³/mol. The molecule has 0 saturated carbocycles. The molecule has 15 heavy (non-hydrogen) atoms. The first kappa shape index (κ1) is 12.8. The summed E-state index contributed by atoms with van der Waals surface area (Å²) >= 11 is 1.72. The second kappa shape index (κ2) is 4.34. The molecule has 88 valence electrons. The van der Waals surface area contributed by atoms with Crippen LogP contribution in [0.4, 0.5) is 0 Å². The summed E-state index contributed by atoms with van der Waals surface area (Å²) in [6.07, 6.45) is 1.22. The van der Waals surface area contributed by atoms with E-state index in [-0.39, 0.29) is 17.6 Å². The lowest BCUT2D eigenvalue weighted by Gasteiger charge is -2.26. The number of carbonyl (C=O) groups is 1. The molecule has 0 aliphatic carbocycles. The van der Waals surface area contributed by atoms with Gasteiger partial charge in [-0.15, -0.1) is 0 Å². The second-order valence-electron chi connectivity index (χ2n) is 5.17. The molecular weight excluding hydrogens is 212 g/mol. The average molecular weight is 232 g/mol. The van der Waals surface area contributed by atoms with Gasteiger partial charge in [0.1, 0.15) is 0 Å². The highest BCUT2D eigenvalue weighted by molar-refractivity contribution is 8.00. The molecule has 1 atom stereocenters. The van der Waals surface area contributed by atoms with Crippen molar-refractivity contribution >= 4 is 17.7 Å². The monoisotopic (exact) mass is 232 g/mol. The zero-order valence-electron chi connectivity index (χ0n) is 9.87. The van der Waals surface area contributed by atoms with E-state index in [2.05, 4.69) is 27.7 Å². The smallest absolute Gasteiger partial charge is 0.304 e. The van der Waals surface area contributed by atoms with Crippen LogP contribution in [0.2, 0.25) is 0 Å². The van der Waals surface area contributed by atoms with Gasteiger partial charge in [-0.05, 0) is 34.1 Å². The molecule has 3 nitrogen and oxygen atoms in total. The lowest BCUT2D eigenvalue weighted by Crippen LogP contribution is -2.31. The fourth-order valence-electron chi connectivity index (χ4n) is 2.06. The predicted octanol–water partition coefficient (Wildman–Crippen LogP) is 2.54. The van der Waals surface area contributed by atoms with Gasteiger partial charge in [0, 0.05) is 11.0 Å². The quantitative estimate of drug-likeness (QED) is 0.809. The number of hydrogen-bond acceptors (Lipinski definition) is 3. The van der Waals surface area contributed by atoms with Crippen molar-refractivity contribution < 1.29 is 14.6 Å². The Labute approximate surface area is 95.6 Å². The topological polar surface area (TPSA) is 46.5 Å². The number of hydrogen-bond donors (Lipinski definition) is 1. The summed E-state index contributed by atoms with van der Waals surface area (Å²) in [4.78, 5) is 10.4. The second-order valence-corrected chi connectivity index (χ2v) is 6.48. The molecule has 1 aliphatic rings. The first-order valence-corrected chi connectivity index (χ1v) is 6.31. The third-order valence-electron chi connectivity index (χ3n) is 2.63. The first-order chi connectivity index (χ1) is 6.73. The lowest BCUT2D eigenvalue weighted by molar-refractivity contribution is -0.136. The van der Waals surface area contributed by atoms with Crippen molar-refractivity contribution in [3.05, 3.63) is 0 Å². The number of thioether (sulfide) groups is 1. The molecule has 0 radical (unpaired) electrons. The normalized spacial score (nSPS) is 27.9. The van der Waals surface area contributed by atoms with Crippen molar-refractivity contribution in [3.8, 4) is 0 Å². The average Bonchev–Trinajstić information content (AvgIpc) is 2.18. The van der Waals surface area contributed by atoms with Gasteiger partial charge in [0.2, 0.25) is 0 Å². The zero-order chi connectivity index (χ0) is 11.7. The van der Waals surface area contributed by atoms with Crippen LogP contribution in [0.15, 0.2) is 0 Å². The van der Waals surface area contributed by atoms with Gasteiger partial charge in [-0.1, -0.05) is 0 Å². The molecule has 0 aromatic rings. The largest absolute Gasteiger partial charge is 0.481 e. The molecule has 1 N–H and O–H groups in total. The SMILES string of the molecule is CC1(C)CC(SCCC(=O)O)C(C)(C)O1. The van der Waals surface area contributed by atoms with Crippen molar-refractivity contribution in [3.63, 3.8) is 0 Å². The highest BCUT2D eigenvalue weighted by atomic mass is 32.2. The minimum absolute atomic E-state index is 0.0790. The van der Waals surface area contributed by atoms with E-state index in [4.69, 9.17) is 9.84 Å². The standard InChI is InChI=1S/C11H20O3S/c1-10(2)7-8(11(3,4)14-10)15-6-5-9(12)13/h8H,5-7H2,1-4H3,(H,12,13). The van der Waals surface area contributed by atoms with E-state index in [9.17, 15) is 4.79 Å². The van der Waals surface area contributed by atoms with E-state index in [0.29, 0.717) is 11.0 Å². The third kappa shape index (κ3) is 3.68. The molecule has 0 aromatic heterocycles. The number of carboxylic acids is 1. The van der Waals surface area contributed by atoms with Crippen LogP contribution in [0.3, 0.4) is 0 Å². The Morgan fingerprint density at radius 1 is 1.47 bits per heavy atom. The lowest BCUT2D eigenvalue weighted by atomic mass is 10.0. The summed E-state index contributed by atoms with van der Waals surface area (Å²) < 4.78 is 5.94. The Morgan fingerprint density at radius 3 is 2.47 bits per heavy atom. The Bertz CT molecular complexity index is 248. The number of carboxylic acid groups (broad SMARTS) is 1. The Hall–Kier alpha value is -0.220. The molecule has 4 heteroatoms. The summed E-state index contributed by atoms with van der Waals surface area (Å²) in [5, 5.41) is 8.97. The summed E-state index contributed by atoms with van der Waals surface area (Å²) in [7, 11) is 0. The van der Waals surface area contributed by atoms with Crippen LogP contribution >= 0.6 is 11.8 Å². The summed E-state index contributed by atoms with van der Waals surface area (Å²) in [6, 6.07) is 0. The molecule has 1 unspecified atom stereocenters. The molecule has 0 aromatic carbocycles. The number of ether oxygens (including phenoxy) is 1. The molecule has 1 saturated heterocycles. The van der Waals surface area contributed by atoms with Gasteiger partial charge in [0.25, 0.3) is 0 Å². The van der Waals surface area contributed by atoms with E-state index in [0.717, 1.165) is 6.42 Å². The van der Waals surface area contributed by atoms with Crippen molar-refractivity contribution in [2.24, 2.45) is 0 Å². The molecular formula is C11H20O3S. The molecule has 0 bridgehead atoms. The van der Waals surface area contributed by atoms with Gasteiger partial charge in [0.05, 0.1) is 17.6 Å². The van der Waals surface area contributed by atoms with Crippen molar-refractivity contribution in [2.75, 3.05) is 5.75 Å². The summed E-state index contributed by atoms with van der Waals surface area (Å²) in [5.74, 6) is -0.0541. The maximum absolute atomic E-state index is 10.4. The van der Waals surface area contributed by atoms with Crippen molar-refractivity contribution in [1.82, 2.24) is 0 Å². The van der Waals surface area contributed by atoms with Crippen LogP contribution in [0.1, 0.15) is 40.5 Å². The van der Waals surface area contributed by atoms with Crippen LogP contribution < -0.4 is 0 Å². The van der Waals surface area contributed by atoms with E-state index in [1.165, 1.54) is 0 Å². The Kier molecular flexibility index (Phi) is 3.71. The van der Waals surface area contributed by atoms with Crippen molar-refractivity contribution in [2.45, 2.75) is 57.0 Å². The molecule has 0 amide bonds. The maximum Gasteiger partial charge on any atom is 0.304 e. The van der Waals surface area contributed by atoms with Gasteiger partial charge in [-0.2, -0.15) is 11.8 Å². The summed E-state index contributed by atoms with van der Waals surface area (Å²) in [6.45, 7) is 8.35. The highest BCUT2D eigenvalue weighted by Gasteiger charge is 2.45. The van der Waals surface area contributed by atoms with E-state index in [1.54, 1.807) is 11.8 Å². The fraction of sp³-hybridized carbons (Fsp3) is 0.909. The molecule has 1 fully saturated rings. The van der Waals surface area contributed by atoms with Gasteiger partial charge in [-0.25, -0.2) is 0 Å². The van der Waals surface area contributed by atoms with E-state index >= 15 is 0 Å². The highest BCUT2D eigenvalue weighted by Crippen LogP contribution is 2.43. The van der Waals surface area contributed by atoms with Crippen LogP contribution in [0.5, 0.6) is 0 Å². The van der Waals surface area contributed by atoms with Gasteiger partial charge >= 0.3 is 5.97 Å². The van der Waals surface area contributed by atoms with Gasteiger partial charge < -0.3 is 9.84 Å². The van der Waals surface area contributed by atoms with Crippen molar-refractivity contribution in [1.29, 1.82) is 0 Å². The van der Waals surface area contributed by atoms with Crippen LogP contribution in [0.25, 0.3) is 0 Å². The molecule has 1 aliphatic heterocycles. The summed E-state index contributed by atoms with van der Waals surface area (Å²) in [5.41, 5.74) is -0.225. The fourth-order valence-corrected chi connectivity index (χ4v) is 3.61. The van der Waals surface area contributed by atoms with Crippen LogP contribution in [-0.4, -0.2) is 33.3 Å². The minimum atomic E-state index is -0.724. The maximum atomic E-state index is 10.4. The molecule has 1 heterocycles. The van der Waals surface area contributed by atoms with E-state index in [1.807, 2.05) is 0 Å². The number of rotatable bonds is 4. The van der Waals surface area contributed by atoms with Crippen LogP contribution in [-0.2, 0) is 9.53 Å². The Balaban J connectivity index is 2.45. The van der Waals surface area contributed by atoms with E-state index < -0.39 is 5.97 Å².